The minimum absolute atomic E-state index is 0.000485. The molecule has 0 saturated carbocycles. The average Bonchev–Trinajstić information content (AvgIpc) is 3.00. The average molecular weight is 438 g/mol. The zero-order chi connectivity index (χ0) is 22.5. The van der Waals surface area contributed by atoms with E-state index in [4.69, 9.17) is 4.74 Å². The molecule has 1 heterocycles. The minimum Gasteiger partial charge on any atom is -0.457 e. The normalized spacial score (nSPS) is 11.9. The van der Waals surface area contributed by atoms with Crippen molar-refractivity contribution in [1.82, 2.24) is 4.57 Å². The molecule has 1 aromatic carbocycles. The number of nitriles is 1. The van der Waals surface area contributed by atoms with Crippen LogP contribution in [0.1, 0.15) is 18.1 Å². The molecule has 0 aliphatic carbocycles. The molecule has 30 heavy (non-hydrogen) atoms. The van der Waals surface area contributed by atoms with Crippen molar-refractivity contribution in [1.29, 1.82) is 5.26 Å². The van der Waals surface area contributed by atoms with Crippen LogP contribution in [0, 0.1) is 17.1 Å². The third kappa shape index (κ3) is 4.95. The van der Waals surface area contributed by atoms with Gasteiger partial charge >= 0.3 is 12.1 Å². The summed E-state index contributed by atoms with van der Waals surface area (Å²) in [6, 6.07) is 3.54. The second kappa shape index (κ2) is 9.39. The highest BCUT2D eigenvalue weighted by molar-refractivity contribution is 7.07. The van der Waals surface area contributed by atoms with Gasteiger partial charge in [-0.25, -0.2) is 9.18 Å². The molecule has 0 atom stereocenters. The van der Waals surface area contributed by atoms with Gasteiger partial charge in [0.15, 0.2) is 5.57 Å². The van der Waals surface area contributed by atoms with Gasteiger partial charge in [-0.1, -0.05) is 18.4 Å². The van der Waals surface area contributed by atoms with Gasteiger partial charge in [-0.3, -0.25) is 9.36 Å². The van der Waals surface area contributed by atoms with Crippen molar-refractivity contribution in [3.05, 3.63) is 67.3 Å². The fourth-order valence-corrected chi connectivity index (χ4v) is 3.40. The Balaban J connectivity index is 2.74. The summed E-state index contributed by atoms with van der Waals surface area (Å²) in [4.78, 5) is 24.6. The molecule has 0 saturated heterocycles. The molecule has 0 aliphatic rings. The Hall–Kier alpha value is -3.41. The van der Waals surface area contributed by atoms with Crippen molar-refractivity contribution in [2.24, 2.45) is 0 Å². The number of carbonyl (C=O) groups is 1. The highest BCUT2D eigenvalue weighted by Gasteiger charge is 2.30. The van der Waals surface area contributed by atoms with Crippen molar-refractivity contribution in [2.75, 3.05) is 6.61 Å². The monoisotopic (exact) mass is 438 g/mol. The van der Waals surface area contributed by atoms with Crippen molar-refractivity contribution in [3.63, 3.8) is 0 Å². The molecule has 0 bridgehead atoms. The second-order valence-electron chi connectivity index (χ2n) is 5.68. The molecule has 0 unspecified atom stereocenters. The third-order valence-corrected chi connectivity index (χ3v) is 4.86. The number of rotatable bonds is 5. The molecule has 0 radical (unpaired) electrons. The Morgan fingerprint density at radius 3 is 2.67 bits per heavy atom. The summed E-state index contributed by atoms with van der Waals surface area (Å²) in [5.41, 5.74) is -0.0597. The molecule has 0 amide bonds. The molecule has 0 spiro atoms. The number of hydrogen-bond donors (Lipinski definition) is 0. The van der Waals surface area contributed by atoms with Crippen LogP contribution < -0.4 is 14.8 Å². The first-order valence-electron chi connectivity index (χ1n) is 8.39. The van der Waals surface area contributed by atoms with Crippen molar-refractivity contribution >= 4 is 34.7 Å². The summed E-state index contributed by atoms with van der Waals surface area (Å²) in [6.07, 6.45) is -2.45. The Morgan fingerprint density at radius 2 is 2.10 bits per heavy atom. The van der Waals surface area contributed by atoms with Gasteiger partial charge in [0.25, 0.3) is 5.56 Å². The van der Waals surface area contributed by atoms with Crippen LogP contribution in [-0.2, 0) is 22.3 Å². The Kier molecular flexibility index (Phi) is 7.16. The van der Waals surface area contributed by atoms with Crippen molar-refractivity contribution < 1.29 is 27.1 Å². The number of ether oxygens (including phenoxy) is 1. The zero-order valence-electron chi connectivity index (χ0n) is 15.5. The van der Waals surface area contributed by atoms with Crippen LogP contribution in [0.3, 0.4) is 0 Å². The van der Waals surface area contributed by atoms with Crippen molar-refractivity contribution in [3.8, 4) is 6.07 Å². The van der Waals surface area contributed by atoms with E-state index in [1.54, 1.807) is 13.0 Å². The smallest absolute Gasteiger partial charge is 0.416 e. The van der Waals surface area contributed by atoms with E-state index in [2.05, 4.69) is 12.3 Å². The van der Waals surface area contributed by atoms with Crippen LogP contribution in [-0.4, -0.2) is 17.1 Å². The number of benzene rings is 1. The van der Waals surface area contributed by atoms with E-state index in [-0.39, 0.29) is 22.3 Å². The molecular formula is C20H14F4N2O3S. The highest BCUT2D eigenvalue weighted by atomic mass is 32.1. The standard InChI is InChI=1S/C20H14F4N2O3S/c1-3-9-29-19(28)14(11-25)18-26(4-2)17(27)16(30-18)8-5-12-10-13(20(22,23)24)6-7-15(12)21/h3,5-7,10H,1,4,9H2,2H3/b18-14-. The maximum absolute atomic E-state index is 13.9. The number of hydrogen-bond acceptors (Lipinski definition) is 5. The summed E-state index contributed by atoms with van der Waals surface area (Å²) in [5.74, 6) is -1.89. The molecule has 0 fully saturated rings. The van der Waals surface area contributed by atoms with Gasteiger partial charge < -0.3 is 4.74 Å². The maximum atomic E-state index is 13.9. The number of aromatic nitrogens is 1. The van der Waals surface area contributed by atoms with Gasteiger partial charge in [-0.15, -0.1) is 11.3 Å². The molecule has 2 aromatic rings. The number of thiazole rings is 1. The van der Waals surface area contributed by atoms with Crippen molar-refractivity contribution in [2.45, 2.75) is 19.6 Å². The van der Waals surface area contributed by atoms with Crippen LogP contribution in [0.25, 0.3) is 17.4 Å². The SMILES string of the molecule is C=CCOC(=O)/C(C#N)=c1\sc(=C=Cc2cc(C(F)(F)F)ccc2F)c(=O)n1CC. The first kappa shape index (κ1) is 22.9. The molecule has 156 valence electrons. The fourth-order valence-electron chi connectivity index (χ4n) is 2.34. The van der Waals surface area contributed by atoms with Gasteiger partial charge in [0.05, 0.1) is 5.56 Å². The van der Waals surface area contributed by atoms with E-state index in [1.165, 1.54) is 6.08 Å². The number of carbonyl (C=O) groups excluding carboxylic acids is 1. The van der Waals surface area contributed by atoms with Crippen LogP contribution >= 0.6 is 11.3 Å². The van der Waals surface area contributed by atoms with Crippen LogP contribution in [0.2, 0.25) is 0 Å². The first-order valence-corrected chi connectivity index (χ1v) is 9.21. The zero-order valence-corrected chi connectivity index (χ0v) is 16.4. The lowest BCUT2D eigenvalue weighted by atomic mass is 10.1. The Bertz CT molecular complexity index is 1240. The largest absolute Gasteiger partial charge is 0.457 e. The topological polar surface area (TPSA) is 72.1 Å². The molecule has 0 N–H and O–H groups in total. The Labute approximate surface area is 171 Å². The quantitative estimate of drug-likeness (QED) is 0.409. The lowest BCUT2D eigenvalue weighted by molar-refractivity contribution is -0.137. The van der Waals surface area contributed by atoms with E-state index in [0.717, 1.165) is 22.0 Å². The Morgan fingerprint density at radius 1 is 1.40 bits per heavy atom. The van der Waals surface area contributed by atoms with Gasteiger partial charge in [-0.2, -0.15) is 18.4 Å². The summed E-state index contributed by atoms with van der Waals surface area (Å²) in [7, 11) is 0. The first-order chi connectivity index (χ1) is 14.1. The second-order valence-corrected chi connectivity index (χ2v) is 6.68. The van der Waals surface area contributed by atoms with E-state index < -0.39 is 40.2 Å². The van der Waals surface area contributed by atoms with Gasteiger partial charge in [0.2, 0.25) is 0 Å². The number of nitrogens with zero attached hydrogens (tertiary/aromatic N) is 2. The summed E-state index contributed by atoms with van der Waals surface area (Å²) in [5, 5.41) is 9.31. The number of esters is 1. The van der Waals surface area contributed by atoms with E-state index >= 15 is 0 Å². The number of halogens is 4. The number of alkyl halides is 3. The molecule has 0 aliphatic heterocycles. The predicted octanol–water partition coefficient (Wildman–Crippen LogP) is 2.58. The fraction of sp³-hybridized carbons (Fsp3) is 0.200. The molecular weight excluding hydrogens is 424 g/mol. The third-order valence-electron chi connectivity index (χ3n) is 3.74. The van der Waals surface area contributed by atoms with Gasteiger partial charge in [0.1, 0.15) is 27.7 Å². The van der Waals surface area contributed by atoms with Crippen LogP contribution in [0.4, 0.5) is 17.6 Å². The lowest BCUT2D eigenvalue weighted by Gasteiger charge is -2.07. The van der Waals surface area contributed by atoms with E-state index in [1.807, 2.05) is 0 Å². The molecule has 10 heteroatoms. The lowest BCUT2D eigenvalue weighted by Crippen LogP contribution is -2.32. The maximum Gasteiger partial charge on any atom is 0.416 e. The van der Waals surface area contributed by atoms with E-state index in [0.29, 0.717) is 18.2 Å². The van der Waals surface area contributed by atoms with Gasteiger partial charge in [0, 0.05) is 12.1 Å². The summed E-state index contributed by atoms with van der Waals surface area (Å²) in [6.45, 7) is 4.95. The minimum atomic E-state index is -4.66. The van der Waals surface area contributed by atoms with Gasteiger partial charge in [-0.05, 0) is 31.2 Å². The summed E-state index contributed by atoms with van der Waals surface area (Å²) < 4.78 is 58.2. The van der Waals surface area contributed by atoms with E-state index in [9.17, 15) is 32.4 Å². The highest BCUT2D eigenvalue weighted by Crippen LogP contribution is 2.30. The molecule has 2 rings (SSSR count). The molecule has 5 nitrogen and oxygen atoms in total. The molecule has 1 aromatic heterocycles. The van der Waals surface area contributed by atoms with Crippen LogP contribution in [0.15, 0.2) is 35.6 Å². The van der Waals surface area contributed by atoms with Crippen LogP contribution in [0.5, 0.6) is 0 Å². The predicted molar refractivity (Wildman–Crippen MR) is 103 cm³/mol. The summed E-state index contributed by atoms with van der Waals surface area (Å²) >= 11 is 0.717.